The fourth-order valence-corrected chi connectivity index (χ4v) is 4.46. The number of aryl methyl sites for hydroxylation is 1. The summed E-state index contributed by atoms with van der Waals surface area (Å²) < 4.78 is 15.2. The standard InChI is InChI=1S/C25H25FN2OS/c1-15(2)30-14-17-5-10-20-22(11-17)23-13-28(4)24(29)12-21(23)16(3)27-25(20)18-6-8-19(26)9-7-18/h5-13,15-16H,14H2,1-4H3/t16-/m0/s1. The topological polar surface area (TPSA) is 34.4 Å². The number of halogens is 1. The van der Waals surface area contributed by atoms with E-state index >= 15 is 0 Å². The largest absolute Gasteiger partial charge is 0.318 e. The van der Waals surface area contributed by atoms with Crippen LogP contribution in [0.25, 0.3) is 11.1 Å². The van der Waals surface area contributed by atoms with Crippen LogP contribution in [0.2, 0.25) is 0 Å². The summed E-state index contributed by atoms with van der Waals surface area (Å²) in [7, 11) is 1.78. The highest BCUT2D eigenvalue weighted by atomic mass is 32.2. The lowest BCUT2D eigenvalue weighted by Gasteiger charge is -2.15. The minimum absolute atomic E-state index is 0.0471. The van der Waals surface area contributed by atoms with Gasteiger partial charge in [-0.25, -0.2) is 4.39 Å². The second-order valence-corrected chi connectivity index (χ2v) is 9.56. The van der Waals surface area contributed by atoms with E-state index in [0.717, 1.165) is 39.3 Å². The highest BCUT2D eigenvalue weighted by molar-refractivity contribution is 7.99. The van der Waals surface area contributed by atoms with Crippen molar-refractivity contribution in [2.75, 3.05) is 0 Å². The van der Waals surface area contributed by atoms with Crippen molar-refractivity contribution in [2.45, 2.75) is 37.8 Å². The Balaban J connectivity index is 1.95. The summed E-state index contributed by atoms with van der Waals surface area (Å²) in [5, 5.41) is 0.549. The lowest BCUT2D eigenvalue weighted by molar-refractivity contribution is 0.628. The van der Waals surface area contributed by atoms with E-state index in [2.05, 4.69) is 32.0 Å². The Morgan fingerprint density at radius 1 is 1.07 bits per heavy atom. The van der Waals surface area contributed by atoms with E-state index in [1.54, 1.807) is 29.8 Å². The van der Waals surface area contributed by atoms with Gasteiger partial charge in [-0.15, -0.1) is 0 Å². The Morgan fingerprint density at radius 3 is 2.50 bits per heavy atom. The Morgan fingerprint density at radius 2 is 1.80 bits per heavy atom. The Kier molecular flexibility index (Phi) is 5.65. The predicted octanol–water partition coefficient (Wildman–Crippen LogP) is 5.75. The van der Waals surface area contributed by atoms with E-state index in [9.17, 15) is 9.18 Å². The highest BCUT2D eigenvalue weighted by Gasteiger charge is 2.24. The number of benzene rings is 2. The molecule has 0 N–H and O–H groups in total. The van der Waals surface area contributed by atoms with Gasteiger partial charge in [-0.05, 0) is 59.2 Å². The van der Waals surface area contributed by atoms with Crippen LogP contribution in [0.4, 0.5) is 4.39 Å². The first kappa shape index (κ1) is 20.6. The fourth-order valence-electron chi connectivity index (χ4n) is 3.76. The third-order valence-corrected chi connectivity index (χ3v) is 6.53. The number of aliphatic imine (C=N–C) groups is 1. The number of fused-ring (bicyclic) bond motifs is 3. The molecular weight excluding hydrogens is 395 g/mol. The molecule has 3 aromatic rings. The molecule has 2 aromatic carbocycles. The number of nitrogens with zero attached hydrogens (tertiary/aromatic N) is 2. The van der Waals surface area contributed by atoms with E-state index in [1.165, 1.54) is 17.7 Å². The van der Waals surface area contributed by atoms with Crippen LogP contribution in [0.15, 0.2) is 64.5 Å². The molecule has 0 saturated heterocycles. The van der Waals surface area contributed by atoms with E-state index in [1.807, 2.05) is 24.9 Å². The summed E-state index contributed by atoms with van der Waals surface area (Å²) in [6.07, 6.45) is 1.91. The van der Waals surface area contributed by atoms with Crippen LogP contribution in [-0.2, 0) is 12.8 Å². The average molecular weight is 421 g/mol. The van der Waals surface area contributed by atoms with Crippen LogP contribution in [0.3, 0.4) is 0 Å². The lowest BCUT2D eigenvalue weighted by Crippen LogP contribution is -2.17. The van der Waals surface area contributed by atoms with Gasteiger partial charge in [-0.1, -0.05) is 26.0 Å². The maximum absolute atomic E-state index is 13.5. The molecule has 30 heavy (non-hydrogen) atoms. The van der Waals surface area contributed by atoms with Gasteiger partial charge in [0.05, 0.1) is 11.8 Å². The number of thioether (sulfide) groups is 1. The average Bonchev–Trinajstić information content (AvgIpc) is 2.83. The highest BCUT2D eigenvalue weighted by Crippen LogP contribution is 2.37. The Bertz CT molecular complexity index is 1180. The second-order valence-electron chi connectivity index (χ2n) is 7.99. The van der Waals surface area contributed by atoms with Crippen molar-refractivity contribution in [3.8, 4) is 11.1 Å². The molecule has 0 aliphatic carbocycles. The molecule has 1 aromatic heterocycles. The molecule has 0 radical (unpaired) electrons. The van der Waals surface area contributed by atoms with E-state index in [0.29, 0.717) is 5.25 Å². The van der Waals surface area contributed by atoms with Gasteiger partial charge in [0, 0.05) is 41.8 Å². The molecule has 154 valence electrons. The summed E-state index contributed by atoms with van der Waals surface area (Å²) in [5.41, 5.74) is 6.90. The van der Waals surface area contributed by atoms with Gasteiger partial charge in [0.1, 0.15) is 5.82 Å². The lowest BCUT2D eigenvalue weighted by atomic mass is 9.91. The number of hydrogen-bond acceptors (Lipinski definition) is 3. The number of aromatic nitrogens is 1. The number of rotatable bonds is 4. The smallest absolute Gasteiger partial charge is 0.250 e. The molecule has 0 spiro atoms. The van der Waals surface area contributed by atoms with Gasteiger partial charge in [-0.3, -0.25) is 9.79 Å². The van der Waals surface area contributed by atoms with Crippen LogP contribution in [0.1, 0.15) is 49.1 Å². The van der Waals surface area contributed by atoms with Crippen molar-refractivity contribution in [3.63, 3.8) is 0 Å². The van der Waals surface area contributed by atoms with E-state index in [4.69, 9.17) is 4.99 Å². The van der Waals surface area contributed by atoms with Crippen molar-refractivity contribution < 1.29 is 4.39 Å². The number of hydrogen-bond donors (Lipinski definition) is 0. The Hall–Kier alpha value is -2.66. The van der Waals surface area contributed by atoms with Crippen molar-refractivity contribution in [2.24, 2.45) is 12.0 Å². The molecule has 0 fully saturated rings. The maximum Gasteiger partial charge on any atom is 0.250 e. The fraction of sp³-hybridized carbons (Fsp3) is 0.280. The van der Waals surface area contributed by atoms with Crippen LogP contribution in [0, 0.1) is 5.82 Å². The van der Waals surface area contributed by atoms with E-state index in [-0.39, 0.29) is 17.4 Å². The molecule has 1 aliphatic heterocycles. The van der Waals surface area contributed by atoms with Gasteiger partial charge in [0.25, 0.3) is 5.56 Å². The van der Waals surface area contributed by atoms with Crippen molar-refractivity contribution in [3.05, 3.63) is 93.2 Å². The molecule has 4 rings (SSSR count). The van der Waals surface area contributed by atoms with Gasteiger partial charge in [-0.2, -0.15) is 11.8 Å². The molecular formula is C25H25FN2OS. The quantitative estimate of drug-likeness (QED) is 0.539. The minimum atomic E-state index is -0.270. The summed E-state index contributed by atoms with van der Waals surface area (Å²) in [5.74, 6) is 0.651. The molecule has 0 saturated carbocycles. The predicted molar refractivity (Wildman–Crippen MR) is 124 cm³/mol. The number of pyridine rings is 1. The monoisotopic (exact) mass is 420 g/mol. The molecule has 0 amide bonds. The summed E-state index contributed by atoms with van der Waals surface area (Å²) in [6, 6.07) is 14.4. The first-order chi connectivity index (χ1) is 14.3. The first-order valence-corrected chi connectivity index (χ1v) is 11.2. The third-order valence-electron chi connectivity index (χ3n) is 5.36. The minimum Gasteiger partial charge on any atom is -0.318 e. The van der Waals surface area contributed by atoms with Gasteiger partial charge in [0.15, 0.2) is 0 Å². The van der Waals surface area contributed by atoms with Gasteiger partial charge >= 0.3 is 0 Å². The normalized spacial score (nSPS) is 15.4. The van der Waals surface area contributed by atoms with Crippen molar-refractivity contribution in [1.29, 1.82) is 0 Å². The SMILES string of the molecule is CC(C)SCc1ccc2c(c1)-c1cn(C)c(=O)cc1[C@H](C)N=C2c1ccc(F)cc1. The van der Waals surface area contributed by atoms with Crippen molar-refractivity contribution in [1.82, 2.24) is 4.57 Å². The maximum atomic E-state index is 13.5. The zero-order valence-electron chi connectivity index (χ0n) is 17.6. The van der Waals surface area contributed by atoms with Crippen LogP contribution in [0.5, 0.6) is 0 Å². The van der Waals surface area contributed by atoms with Crippen LogP contribution in [-0.4, -0.2) is 15.5 Å². The summed E-state index contributed by atoms with van der Waals surface area (Å²) in [4.78, 5) is 17.3. The summed E-state index contributed by atoms with van der Waals surface area (Å²) in [6.45, 7) is 6.39. The molecule has 1 aliphatic rings. The Labute approximate surface area is 180 Å². The molecule has 2 heterocycles. The zero-order valence-corrected chi connectivity index (χ0v) is 18.5. The zero-order chi connectivity index (χ0) is 21.4. The second kappa shape index (κ2) is 8.23. The summed E-state index contributed by atoms with van der Waals surface area (Å²) >= 11 is 1.90. The van der Waals surface area contributed by atoms with Gasteiger partial charge < -0.3 is 4.57 Å². The molecule has 1 atom stereocenters. The first-order valence-electron chi connectivity index (χ1n) is 10.1. The van der Waals surface area contributed by atoms with Gasteiger partial charge in [0.2, 0.25) is 0 Å². The molecule has 5 heteroatoms. The molecule has 3 nitrogen and oxygen atoms in total. The van der Waals surface area contributed by atoms with Crippen LogP contribution < -0.4 is 5.56 Å². The van der Waals surface area contributed by atoms with E-state index < -0.39 is 0 Å². The third kappa shape index (κ3) is 3.99. The van der Waals surface area contributed by atoms with Crippen molar-refractivity contribution >= 4 is 17.5 Å². The molecule has 0 unspecified atom stereocenters. The van der Waals surface area contributed by atoms with Crippen LogP contribution >= 0.6 is 11.8 Å². The molecule has 0 bridgehead atoms.